The van der Waals surface area contributed by atoms with Gasteiger partial charge in [0.25, 0.3) is 0 Å². The molecule has 1 aromatic carbocycles. The molecule has 0 amide bonds. The average molecular weight is 346 g/mol. The molecule has 4 rings (SSSR count). The molecule has 24 heavy (non-hydrogen) atoms. The molecule has 0 saturated carbocycles. The number of piperazine rings is 1. The lowest BCUT2D eigenvalue weighted by atomic mass is 10.2. The molecule has 1 N–H and O–H groups in total. The summed E-state index contributed by atoms with van der Waals surface area (Å²) in [5, 5.41) is 4.20. The van der Waals surface area contributed by atoms with Crippen LogP contribution in [0.25, 0.3) is 11.3 Å². The minimum Gasteiger partial charge on any atom is -0.460 e. The maximum atomic E-state index is 6.07. The Balaban J connectivity index is 1.33. The van der Waals surface area contributed by atoms with Crippen LogP contribution >= 0.6 is 11.6 Å². The van der Waals surface area contributed by atoms with Crippen molar-refractivity contribution >= 4 is 11.6 Å². The molecule has 2 aliphatic rings. The Morgan fingerprint density at radius 1 is 1.12 bits per heavy atom. The van der Waals surface area contributed by atoms with Gasteiger partial charge in [0.05, 0.1) is 6.54 Å². The van der Waals surface area contributed by atoms with Crippen molar-refractivity contribution in [3.8, 4) is 11.3 Å². The number of hydrogen-bond donors (Lipinski definition) is 1. The van der Waals surface area contributed by atoms with Gasteiger partial charge in [-0.15, -0.1) is 0 Å². The van der Waals surface area contributed by atoms with E-state index in [1.54, 1.807) is 0 Å². The fourth-order valence-electron chi connectivity index (χ4n) is 3.72. The molecule has 2 saturated heterocycles. The van der Waals surface area contributed by atoms with E-state index >= 15 is 0 Å². The van der Waals surface area contributed by atoms with Gasteiger partial charge in [0.2, 0.25) is 0 Å². The summed E-state index contributed by atoms with van der Waals surface area (Å²) in [5.74, 6) is 1.92. The fraction of sp³-hybridized carbons (Fsp3) is 0.474. The van der Waals surface area contributed by atoms with Crippen LogP contribution in [0, 0.1) is 0 Å². The van der Waals surface area contributed by atoms with Crippen LogP contribution in [-0.4, -0.2) is 55.1 Å². The van der Waals surface area contributed by atoms with Crippen molar-refractivity contribution in [1.82, 2.24) is 15.1 Å². The summed E-state index contributed by atoms with van der Waals surface area (Å²) in [6.45, 7) is 7.76. The standard InChI is InChI=1S/C19H24ClN3O/c20-16-3-1-2-15(12-16)19-5-4-18(24-19)14-22-8-10-23(11-9-22)17-6-7-21-13-17/h1-5,12,17,21H,6-11,13-14H2. The molecule has 0 bridgehead atoms. The van der Waals surface area contributed by atoms with Crippen LogP contribution in [0.15, 0.2) is 40.8 Å². The van der Waals surface area contributed by atoms with E-state index in [0.29, 0.717) is 0 Å². The molecule has 0 radical (unpaired) electrons. The topological polar surface area (TPSA) is 31.6 Å². The van der Waals surface area contributed by atoms with Crippen LogP contribution in [-0.2, 0) is 6.54 Å². The number of hydrogen-bond acceptors (Lipinski definition) is 4. The van der Waals surface area contributed by atoms with Crippen molar-refractivity contribution in [1.29, 1.82) is 0 Å². The zero-order valence-electron chi connectivity index (χ0n) is 13.9. The highest BCUT2D eigenvalue weighted by Gasteiger charge is 2.26. The first-order valence-electron chi connectivity index (χ1n) is 8.80. The molecule has 4 nitrogen and oxygen atoms in total. The van der Waals surface area contributed by atoms with Crippen molar-refractivity contribution in [2.24, 2.45) is 0 Å². The lowest BCUT2D eigenvalue weighted by molar-refractivity contribution is 0.0938. The van der Waals surface area contributed by atoms with Crippen LogP contribution in [0.3, 0.4) is 0 Å². The van der Waals surface area contributed by atoms with Crippen molar-refractivity contribution in [3.63, 3.8) is 0 Å². The van der Waals surface area contributed by atoms with Gasteiger partial charge in [-0.2, -0.15) is 0 Å². The summed E-state index contributed by atoms with van der Waals surface area (Å²) in [6.07, 6.45) is 1.29. The Bertz CT molecular complexity index is 673. The summed E-state index contributed by atoms with van der Waals surface area (Å²) in [7, 11) is 0. The van der Waals surface area contributed by atoms with Crippen LogP contribution < -0.4 is 5.32 Å². The highest BCUT2D eigenvalue weighted by atomic mass is 35.5. The third-order valence-corrected chi connectivity index (χ3v) is 5.34. The van der Waals surface area contributed by atoms with Crippen molar-refractivity contribution < 1.29 is 4.42 Å². The quantitative estimate of drug-likeness (QED) is 0.922. The first-order chi connectivity index (χ1) is 11.8. The summed E-state index contributed by atoms with van der Waals surface area (Å²) >= 11 is 6.07. The molecule has 3 heterocycles. The normalized spacial score (nSPS) is 23.0. The maximum Gasteiger partial charge on any atom is 0.134 e. The average Bonchev–Trinajstić information content (AvgIpc) is 3.27. The second kappa shape index (κ2) is 7.28. The van der Waals surface area contributed by atoms with Gasteiger partial charge in [-0.25, -0.2) is 0 Å². The highest BCUT2D eigenvalue weighted by Crippen LogP contribution is 2.25. The van der Waals surface area contributed by atoms with E-state index in [2.05, 4.69) is 21.2 Å². The number of nitrogens with one attached hydrogen (secondary N) is 1. The van der Waals surface area contributed by atoms with E-state index in [9.17, 15) is 0 Å². The Morgan fingerprint density at radius 3 is 2.75 bits per heavy atom. The van der Waals surface area contributed by atoms with Gasteiger partial charge in [-0.3, -0.25) is 9.80 Å². The zero-order valence-corrected chi connectivity index (χ0v) is 14.6. The summed E-state index contributed by atoms with van der Waals surface area (Å²) in [5.41, 5.74) is 1.03. The SMILES string of the molecule is Clc1cccc(-c2ccc(CN3CCN(C4CCNC4)CC3)o2)c1. The maximum absolute atomic E-state index is 6.07. The highest BCUT2D eigenvalue weighted by molar-refractivity contribution is 6.30. The summed E-state index contributed by atoms with van der Waals surface area (Å²) in [6, 6.07) is 12.7. The second-order valence-electron chi connectivity index (χ2n) is 6.74. The predicted molar refractivity (Wildman–Crippen MR) is 97.3 cm³/mol. The molecule has 1 aromatic heterocycles. The molecular formula is C19H24ClN3O. The Hall–Kier alpha value is -1.33. The minimum atomic E-state index is 0.739. The van der Waals surface area contributed by atoms with Crippen molar-refractivity contribution in [2.45, 2.75) is 19.0 Å². The second-order valence-corrected chi connectivity index (χ2v) is 7.17. The van der Waals surface area contributed by atoms with Gasteiger partial charge in [0.15, 0.2) is 0 Å². The molecule has 2 aliphatic heterocycles. The third-order valence-electron chi connectivity index (χ3n) is 5.11. The van der Waals surface area contributed by atoms with Crippen LogP contribution in [0.5, 0.6) is 0 Å². The van der Waals surface area contributed by atoms with E-state index in [4.69, 9.17) is 16.0 Å². The van der Waals surface area contributed by atoms with E-state index in [1.165, 1.54) is 13.0 Å². The third kappa shape index (κ3) is 3.67. The van der Waals surface area contributed by atoms with Gasteiger partial charge >= 0.3 is 0 Å². The zero-order chi connectivity index (χ0) is 16.4. The summed E-state index contributed by atoms with van der Waals surface area (Å²) < 4.78 is 6.03. The Kier molecular flexibility index (Phi) is 4.90. The van der Waals surface area contributed by atoms with Crippen molar-refractivity contribution in [3.05, 3.63) is 47.2 Å². The smallest absolute Gasteiger partial charge is 0.134 e. The number of nitrogens with zero attached hydrogens (tertiary/aromatic N) is 2. The minimum absolute atomic E-state index is 0.739. The molecule has 1 atom stereocenters. The van der Waals surface area contributed by atoms with E-state index < -0.39 is 0 Å². The molecule has 5 heteroatoms. The number of furan rings is 1. The van der Waals surface area contributed by atoms with Crippen LogP contribution in [0.4, 0.5) is 0 Å². The van der Waals surface area contributed by atoms with E-state index in [-0.39, 0.29) is 0 Å². The van der Waals surface area contributed by atoms with Gasteiger partial charge in [-0.05, 0) is 37.2 Å². The first-order valence-corrected chi connectivity index (χ1v) is 9.17. The molecule has 2 fully saturated rings. The molecule has 128 valence electrons. The van der Waals surface area contributed by atoms with Gasteiger partial charge in [0.1, 0.15) is 11.5 Å². The monoisotopic (exact) mass is 345 g/mol. The lowest BCUT2D eigenvalue weighted by Crippen LogP contribution is -2.50. The molecule has 0 spiro atoms. The predicted octanol–water partition coefficient (Wildman–Crippen LogP) is 3.08. The largest absolute Gasteiger partial charge is 0.460 e. The Morgan fingerprint density at radius 2 is 2.00 bits per heavy atom. The number of benzene rings is 1. The van der Waals surface area contributed by atoms with Gasteiger partial charge < -0.3 is 9.73 Å². The number of halogens is 1. The van der Waals surface area contributed by atoms with Gasteiger partial charge in [-0.1, -0.05) is 23.7 Å². The first kappa shape index (κ1) is 16.2. The summed E-state index contributed by atoms with van der Waals surface area (Å²) in [4.78, 5) is 5.12. The molecule has 1 unspecified atom stereocenters. The molecule has 2 aromatic rings. The molecular weight excluding hydrogens is 322 g/mol. The van der Waals surface area contributed by atoms with Crippen LogP contribution in [0.2, 0.25) is 5.02 Å². The van der Waals surface area contributed by atoms with E-state index in [0.717, 1.165) is 67.4 Å². The van der Waals surface area contributed by atoms with Crippen LogP contribution in [0.1, 0.15) is 12.2 Å². The van der Waals surface area contributed by atoms with E-state index in [1.807, 2.05) is 30.3 Å². The lowest BCUT2D eigenvalue weighted by Gasteiger charge is -2.37. The fourth-order valence-corrected chi connectivity index (χ4v) is 3.91. The molecule has 0 aliphatic carbocycles. The Labute approximate surface area is 148 Å². The van der Waals surface area contributed by atoms with Gasteiger partial charge in [0, 0.05) is 49.4 Å². The van der Waals surface area contributed by atoms with Crippen molar-refractivity contribution in [2.75, 3.05) is 39.3 Å². The number of rotatable bonds is 4.